The lowest BCUT2D eigenvalue weighted by atomic mass is 9.63. The molecule has 0 spiro atoms. The monoisotopic (exact) mass is 602 g/mol. The van der Waals surface area contributed by atoms with Crippen LogP contribution in [-0.4, -0.2) is 44.8 Å². The Labute approximate surface area is 264 Å². The van der Waals surface area contributed by atoms with E-state index in [2.05, 4.69) is 52.2 Å². The largest absolute Gasteiger partial charge is 0.355 e. The van der Waals surface area contributed by atoms with Crippen molar-refractivity contribution in [1.29, 1.82) is 0 Å². The van der Waals surface area contributed by atoms with Crippen LogP contribution in [0.4, 0.5) is 0 Å². The number of hydrogen-bond acceptors (Lipinski definition) is 6. The van der Waals surface area contributed by atoms with E-state index in [9.17, 15) is 9.59 Å². The third-order valence-corrected chi connectivity index (χ3v) is 13.6. The molecule has 2 aromatic heterocycles. The summed E-state index contributed by atoms with van der Waals surface area (Å²) in [6.07, 6.45) is 3.95. The zero-order chi connectivity index (χ0) is 31.6. The highest BCUT2D eigenvalue weighted by Gasteiger charge is 2.74. The number of nitrogens with zero attached hydrogens (tertiary/aromatic N) is 4. The first kappa shape index (κ1) is 28.5. The van der Waals surface area contributed by atoms with Gasteiger partial charge in [-0.2, -0.15) is 0 Å². The Kier molecular flexibility index (Phi) is 5.62. The van der Waals surface area contributed by atoms with Crippen LogP contribution in [0.2, 0.25) is 0 Å². The number of rotatable bonds is 6. The van der Waals surface area contributed by atoms with Crippen molar-refractivity contribution >= 4 is 33.9 Å². The fourth-order valence-corrected chi connectivity index (χ4v) is 9.89. The molecule has 232 valence electrons. The molecule has 0 aliphatic heterocycles. The summed E-state index contributed by atoms with van der Waals surface area (Å²) in [5, 5.41) is 6.52. The number of benzene rings is 2. The quantitative estimate of drug-likeness (QED) is 0.280. The maximum absolute atomic E-state index is 14.2. The second-order valence-corrected chi connectivity index (χ2v) is 15.4. The highest BCUT2D eigenvalue weighted by Crippen LogP contribution is 2.71. The third kappa shape index (κ3) is 3.13. The molecule has 0 unspecified atom stereocenters. The molecule has 2 amide bonds. The third-order valence-electron chi connectivity index (χ3n) is 13.6. The van der Waals surface area contributed by atoms with Gasteiger partial charge in [-0.1, -0.05) is 65.8 Å². The minimum Gasteiger partial charge on any atom is -0.355 e. The summed E-state index contributed by atoms with van der Waals surface area (Å²) in [5.74, 6) is 0.0353. The van der Waals surface area contributed by atoms with Gasteiger partial charge in [0.1, 0.15) is 0 Å². The minimum absolute atomic E-state index is 0.0176. The fraction of sp³-hybridized carbons (Fsp3) is 0.514. The second-order valence-electron chi connectivity index (χ2n) is 15.4. The molecular weight excluding hydrogens is 560 g/mol. The molecule has 2 fully saturated rings. The maximum atomic E-state index is 14.2. The molecule has 0 saturated heterocycles. The van der Waals surface area contributed by atoms with Crippen LogP contribution >= 0.6 is 0 Å². The molecule has 45 heavy (non-hydrogen) atoms. The highest BCUT2D eigenvalue weighted by molar-refractivity contribution is 5.94. The first-order valence-electron chi connectivity index (χ1n) is 16.5. The first-order chi connectivity index (χ1) is 21.3. The lowest BCUT2D eigenvalue weighted by Crippen LogP contribution is -2.52. The molecule has 8 rings (SSSR count). The van der Waals surface area contributed by atoms with E-state index in [1.807, 2.05) is 48.5 Å². The summed E-state index contributed by atoms with van der Waals surface area (Å²) in [4.78, 5) is 48.6. The van der Waals surface area contributed by atoms with E-state index in [0.29, 0.717) is 19.5 Å². The van der Waals surface area contributed by atoms with E-state index >= 15 is 0 Å². The van der Waals surface area contributed by atoms with Crippen LogP contribution in [-0.2, 0) is 31.2 Å². The van der Waals surface area contributed by atoms with E-state index in [4.69, 9.17) is 19.9 Å². The van der Waals surface area contributed by atoms with Crippen molar-refractivity contribution < 1.29 is 9.59 Å². The van der Waals surface area contributed by atoms with Gasteiger partial charge < -0.3 is 10.6 Å². The van der Waals surface area contributed by atoms with Crippen LogP contribution in [0.3, 0.4) is 0 Å². The van der Waals surface area contributed by atoms with E-state index in [-0.39, 0.29) is 33.5 Å². The lowest BCUT2D eigenvalue weighted by Gasteiger charge is -2.39. The molecule has 4 aliphatic rings. The predicted molar refractivity (Wildman–Crippen MR) is 174 cm³/mol. The van der Waals surface area contributed by atoms with Gasteiger partial charge in [0, 0.05) is 23.9 Å². The van der Waals surface area contributed by atoms with Crippen molar-refractivity contribution in [2.24, 2.45) is 10.8 Å². The molecule has 4 aliphatic carbocycles. The lowest BCUT2D eigenvalue weighted by molar-refractivity contribution is -0.130. The molecule has 2 saturated carbocycles. The number of carbonyl (C=O) groups is 2. The van der Waals surface area contributed by atoms with Gasteiger partial charge in [0.05, 0.1) is 55.7 Å². The Morgan fingerprint density at radius 2 is 0.889 bits per heavy atom. The summed E-state index contributed by atoms with van der Waals surface area (Å²) in [7, 11) is 0. The number of carbonyl (C=O) groups excluding carboxylic acids is 2. The Morgan fingerprint density at radius 3 is 1.24 bits per heavy atom. The van der Waals surface area contributed by atoms with Crippen molar-refractivity contribution in [3.05, 3.63) is 71.3 Å². The molecule has 2 N–H and O–H groups in total. The van der Waals surface area contributed by atoms with E-state index < -0.39 is 10.8 Å². The van der Waals surface area contributed by atoms with Gasteiger partial charge in [0.2, 0.25) is 11.8 Å². The van der Waals surface area contributed by atoms with E-state index in [1.165, 1.54) is 0 Å². The summed E-state index contributed by atoms with van der Waals surface area (Å²) >= 11 is 0. The van der Waals surface area contributed by atoms with Gasteiger partial charge in [-0.3, -0.25) is 9.59 Å². The number of fused-ring (bicyclic) bond motifs is 12. The normalized spacial score (nSPS) is 31.2. The molecule has 0 radical (unpaired) electrons. The summed E-state index contributed by atoms with van der Waals surface area (Å²) in [6, 6.07) is 15.9. The molecule has 4 bridgehead atoms. The Morgan fingerprint density at radius 1 is 0.556 bits per heavy atom. The number of aromatic nitrogens is 4. The fourth-order valence-electron chi connectivity index (χ4n) is 9.89. The summed E-state index contributed by atoms with van der Waals surface area (Å²) in [5.41, 5.74) is 4.44. The topological polar surface area (TPSA) is 110 Å². The van der Waals surface area contributed by atoms with Gasteiger partial charge in [-0.15, -0.1) is 0 Å². The Hall–Kier alpha value is -3.94. The average Bonchev–Trinajstić information content (AvgIpc) is 3.49. The standard InChI is InChI=1S/C37H42N6O2/c1-32(2)34(5)16-18-36(32,28-26(34)40-22-12-7-9-14-24(22)42-28)30(44)38-20-11-21-39-31(45)37-19-17-35(6,33(37,3)4)27-29(37)43-25-15-10-8-13-23(25)41-27/h7-10,12-15H,11,16-21H2,1-6H3,(H,38,44)(H,39,45)/t34-,35+,36+,37-. The SMILES string of the molecule is CC1(C)[C@@]2(C)CC[C@]1(C(=O)NCCCNC(=O)[C@]13CC[C@](C)(c4nc5ccccc5nc41)C3(C)C)c1nc3ccccc3nc12. The number of amides is 2. The first-order valence-corrected chi connectivity index (χ1v) is 16.5. The van der Waals surface area contributed by atoms with Crippen molar-refractivity contribution in [2.75, 3.05) is 13.1 Å². The number of hydrogen-bond donors (Lipinski definition) is 2. The summed E-state index contributed by atoms with van der Waals surface area (Å²) < 4.78 is 0. The van der Waals surface area contributed by atoms with Crippen LogP contribution in [0, 0.1) is 10.8 Å². The molecule has 8 nitrogen and oxygen atoms in total. The van der Waals surface area contributed by atoms with Crippen LogP contribution < -0.4 is 10.6 Å². The molecule has 2 heterocycles. The molecule has 8 heteroatoms. The van der Waals surface area contributed by atoms with E-state index in [1.54, 1.807) is 0 Å². The average molecular weight is 603 g/mol. The predicted octanol–water partition coefficient (Wildman–Crippen LogP) is 5.55. The number of nitrogens with one attached hydrogen (secondary N) is 2. The molecule has 4 atom stereocenters. The Bertz CT molecular complexity index is 1810. The van der Waals surface area contributed by atoms with Crippen molar-refractivity contribution in [1.82, 2.24) is 30.6 Å². The Balaban J connectivity index is 0.997. The molecular formula is C37H42N6O2. The maximum Gasteiger partial charge on any atom is 0.232 e. The van der Waals surface area contributed by atoms with Gasteiger partial charge in [-0.05, 0) is 67.2 Å². The van der Waals surface area contributed by atoms with Crippen LogP contribution in [0.15, 0.2) is 48.5 Å². The smallest absolute Gasteiger partial charge is 0.232 e. The zero-order valence-corrected chi connectivity index (χ0v) is 27.2. The number of para-hydroxylation sites is 4. The van der Waals surface area contributed by atoms with Gasteiger partial charge in [0.25, 0.3) is 0 Å². The van der Waals surface area contributed by atoms with E-state index in [0.717, 1.165) is 70.5 Å². The minimum atomic E-state index is -0.732. The van der Waals surface area contributed by atoms with Gasteiger partial charge in [0.15, 0.2) is 0 Å². The van der Waals surface area contributed by atoms with Crippen molar-refractivity contribution in [2.45, 2.75) is 95.3 Å². The van der Waals surface area contributed by atoms with Crippen molar-refractivity contribution in [3.8, 4) is 0 Å². The highest BCUT2D eigenvalue weighted by atomic mass is 16.2. The van der Waals surface area contributed by atoms with Gasteiger partial charge in [-0.25, -0.2) is 19.9 Å². The molecule has 2 aromatic carbocycles. The van der Waals surface area contributed by atoms with Crippen LogP contribution in [0.1, 0.15) is 96.4 Å². The van der Waals surface area contributed by atoms with Gasteiger partial charge >= 0.3 is 0 Å². The zero-order valence-electron chi connectivity index (χ0n) is 27.2. The summed E-state index contributed by atoms with van der Waals surface area (Å²) in [6.45, 7) is 14.3. The van der Waals surface area contributed by atoms with Crippen LogP contribution in [0.5, 0.6) is 0 Å². The molecule has 4 aromatic rings. The van der Waals surface area contributed by atoms with Crippen LogP contribution in [0.25, 0.3) is 22.1 Å². The second kappa shape index (κ2) is 8.86. The van der Waals surface area contributed by atoms with Crippen molar-refractivity contribution in [3.63, 3.8) is 0 Å².